The third-order valence-corrected chi connectivity index (χ3v) is 6.85. The lowest BCUT2D eigenvalue weighted by Gasteiger charge is -2.23. The van der Waals surface area contributed by atoms with Gasteiger partial charge in [0, 0.05) is 0 Å². The smallest absolute Gasteiger partial charge is 0.238 e. The van der Waals surface area contributed by atoms with Gasteiger partial charge < -0.3 is 5.32 Å². The van der Waals surface area contributed by atoms with Crippen LogP contribution in [-0.4, -0.2) is 43.4 Å². The molecule has 0 fully saturated rings. The Balaban J connectivity index is 1.84. The lowest BCUT2D eigenvalue weighted by atomic mass is 10.00. The average molecular weight is 488 g/mol. The summed E-state index contributed by atoms with van der Waals surface area (Å²) in [6.07, 6.45) is 2.29. The number of Topliss-reactive ketones (excluding diaryl/α,β-unsaturated/α-hetero) is 1. The summed E-state index contributed by atoms with van der Waals surface area (Å²) in [5, 5.41) is 3.13. The van der Waals surface area contributed by atoms with Crippen LogP contribution in [0.4, 0.5) is 0 Å². The largest absolute Gasteiger partial charge is 0.344 e. The van der Waals surface area contributed by atoms with E-state index in [1.165, 1.54) is 11.3 Å². The van der Waals surface area contributed by atoms with Crippen molar-refractivity contribution in [3.63, 3.8) is 0 Å². The van der Waals surface area contributed by atoms with Crippen LogP contribution < -0.4 is 10.0 Å². The molecule has 1 unspecified atom stereocenters. The Morgan fingerprint density at radius 1 is 1.00 bits per heavy atom. The normalized spacial score (nSPS) is 13.7. The summed E-state index contributed by atoms with van der Waals surface area (Å²) in [4.78, 5) is 30.9. The molecule has 1 aromatic heterocycles. The fraction of sp³-hybridized carbons (Fsp3) is 0.375. The predicted molar refractivity (Wildman–Crippen MR) is 132 cm³/mol. The van der Waals surface area contributed by atoms with Crippen molar-refractivity contribution in [3.8, 4) is 0 Å². The fourth-order valence-corrected chi connectivity index (χ4v) is 5.24. The Hall–Kier alpha value is -2.62. The van der Waals surface area contributed by atoms with E-state index in [9.17, 15) is 18.0 Å². The molecule has 0 saturated heterocycles. The molecule has 33 heavy (non-hydrogen) atoms. The number of nitrogens with zero attached hydrogens (tertiary/aromatic N) is 1. The maximum Gasteiger partial charge on any atom is 0.238 e. The minimum atomic E-state index is -3.60. The SMILES string of the molecule is CC(C)C[C@H](NS(C)(=O)=O)C(=O)NC(CCc1ccccc1)C(=O)c1nc2ccccc2s1. The molecule has 0 bridgehead atoms. The molecule has 0 spiro atoms. The van der Waals surface area contributed by atoms with E-state index in [0.29, 0.717) is 24.3 Å². The second-order valence-corrected chi connectivity index (χ2v) is 11.3. The van der Waals surface area contributed by atoms with Gasteiger partial charge in [-0.25, -0.2) is 18.1 Å². The fourth-order valence-electron chi connectivity index (χ4n) is 3.56. The second-order valence-electron chi connectivity index (χ2n) is 8.51. The van der Waals surface area contributed by atoms with Crippen LogP contribution in [0.1, 0.15) is 42.1 Å². The van der Waals surface area contributed by atoms with Gasteiger partial charge in [-0.3, -0.25) is 9.59 Å². The number of fused-ring (bicyclic) bond motifs is 1. The number of carbonyl (C=O) groups excluding carboxylic acids is 2. The Bertz CT molecular complexity index is 1170. The molecule has 2 atom stereocenters. The summed E-state index contributed by atoms with van der Waals surface area (Å²) < 4.78 is 26.9. The van der Waals surface area contributed by atoms with E-state index in [1.807, 2.05) is 68.4 Å². The number of aromatic nitrogens is 1. The molecule has 0 radical (unpaired) electrons. The first-order valence-electron chi connectivity index (χ1n) is 10.8. The zero-order valence-corrected chi connectivity index (χ0v) is 20.6. The number of ketones is 1. The van der Waals surface area contributed by atoms with Gasteiger partial charge in [-0.2, -0.15) is 0 Å². The van der Waals surface area contributed by atoms with Gasteiger partial charge in [-0.15, -0.1) is 11.3 Å². The van der Waals surface area contributed by atoms with Crippen molar-refractivity contribution < 1.29 is 18.0 Å². The lowest BCUT2D eigenvalue weighted by molar-refractivity contribution is -0.123. The monoisotopic (exact) mass is 487 g/mol. The number of para-hydroxylation sites is 1. The highest BCUT2D eigenvalue weighted by Crippen LogP contribution is 2.23. The molecule has 0 aliphatic heterocycles. The minimum Gasteiger partial charge on any atom is -0.344 e. The molecule has 9 heteroatoms. The molecular weight excluding hydrogens is 458 g/mol. The minimum absolute atomic E-state index is 0.0812. The third kappa shape index (κ3) is 7.45. The van der Waals surface area contributed by atoms with E-state index in [1.54, 1.807) is 0 Å². The van der Waals surface area contributed by atoms with Crippen molar-refractivity contribution >= 4 is 43.3 Å². The molecule has 1 amide bonds. The van der Waals surface area contributed by atoms with Gasteiger partial charge >= 0.3 is 0 Å². The molecule has 176 valence electrons. The van der Waals surface area contributed by atoms with E-state index in [4.69, 9.17) is 0 Å². The van der Waals surface area contributed by atoms with Crippen molar-refractivity contribution in [1.82, 2.24) is 15.0 Å². The van der Waals surface area contributed by atoms with Crippen molar-refractivity contribution in [2.45, 2.75) is 45.2 Å². The molecular formula is C24H29N3O4S2. The van der Waals surface area contributed by atoms with Crippen LogP contribution in [0.5, 0.6) is 0 Å². The van der Waals surface area contributed by atoms with Crippen LogP contribution in [-0.2, 0) is 21.2 Å². The quantitative estimate of drug-likeness (QED) is 0.402. The van der Waals surface area contributed by atoms with Gasteiger partial charge in [0.2, 0.25) is 21.7 Å². The first-order valence-corrected chi connectivity index (χ1v) is 13.5. The van der Waals surface area contributed by atoms with Crippen LogP contribution in [0.25, 0.3) is 10.2 Å². The summed E-state index contributed by atoms with van der Waals surface area (Å²) in [5.41, 5.74) is 1.78. The number of carbonyl (C=O) groups is 2. The Morgan fingerprint density at radius 2 is 1.67 bits per heavy atom. The number of hydrogen-bond acceptors (Lipinski definition) is 6. The molecule has 3 rings (SSSR count). The van der Waals surface area contributed by atoms with Gasteiger partial charge in [-0.1, -0.05) is 56.3 Å². The molecule has 7 nitrogen and oxygen atoms in total. The van der Waals surface area contributed by atoms with Gasteiger partial charge in [0.1, 0.15) is 6.04 Å². The Morgan fingerprint density at radius 3 is 2.30 bits per heavy atom. The van der Waals surface area contributed by atoms with Crippen LogP contribution in [0.2, 0.25) is 0 Å². The summed E-state index contributed by atoms with van der Waals surface area (Å²) >= 11 is 1.29. The molecule has 3 aromatic rings. The second kappa shape index (κ2) is 11.0. The Kier molecular flexibility index (Phi) is 8.34. The number of thiazole rings is 1. The predicted octanol–water partition coefficient (Wildman–Crippen LogP) is 3.56. The van der Waals surface area contributed by atoms with Gasteiger partial charge in [0.15, 0.2) is 5.01 Å². The van der Waals surface area contributed by atoms with Crippen LogP contribution in [0.3, 0.4) is 0 Å². The third-order valence-electron chi connectivity index (χ3n) is 5.08. The van der Waals surface area contributed by atoms with E-state index < -0.39 is 28.0 Å². The summed E-state index contributed by atoms with van der Waals surface area (Å²) in [5.74, 6) is -0.706. The number of benzene rings is 2. The highest BCUT2D eigenvalue weighted by Gasteiger charge is 2.29. The van der Waals surface area contributed by atoms with Gasteiger partial charge in [-0.05, 0) is 42.9 Å². The molecule has 0 saturated carbocycles. The number of rotatable bonds is 11. The lowest BCUT2D eigenvalue weighted by Crippen LogP contribution is -2.52. The first-order chi connectivity index (χ1) is 15.6. The zero-order chi connectivity index (χ0) is 24.0. The number of amides is 1. The average Bonchev–Trinajstić information content (AvgIpc) is 3.19. The number of nitrogens with one attached hydrogen (secondary N) is 2. The molecule has 2 aromatic carbocycles. The van der Waals surface area contributed by atoms with Gasteiger partial charge in [0.25, 0.3) is 0 Å². The van der Waals surface area contributed by atoms with E-state index >= 15 is 0 Å². The molecule has 2 N–H and O–H groups in total. The van der Waals surface area contributed by atoms with E-state index in [2.05, 4.69) is 15.0 Å². The van der Waals surface area contributed by atoms with E-state index in [0.717, 1.165) is 22.0 Å². The summed E-state index contributed by atoms with van der Waals surface area (Å²) in [7, 11) is -3.60. The number of aryl methyl sites for hydroxylation is 1. The maximum atomic E-state index is 13.4. The van der Waals surface area contributed by atoms with Crippen molar-refractivity contribution in [2.24, 2.45) is 5.92 Å². The van der Waals surface area contributed by atoms with Crippen LogP contribution in [0.15, 0.2) is 54.6 Å². The number of hydrogen-bond donors (Lipinski definition) is 2. The molecule has 1 heterocycles. The highest BCUT2D eigenvalue weighted by atomic mass is 32.2. The molecule has 0 aliphatic rings. The van der Waals surface area contributed by atoms with Crippen LogP contribution in [0, 0.1) is 5.92 Å². The van der Waals surface area contributed by atoms with Crippen molar-refractivity contribution in [1.29, 1.82) is 0 Å². The standard InChI is InChI=1S/C24H29N3O4S2/c1-16(2)15-20(27-33(3,30)31)23(29)25-19(14-13-17-9-5-4-6-10-17)22(28)24-26-18-11-7-8-12-21(18)32-24/h4-12,16,19-20,27H,13-15H2,1-3H3,(H,25,29)/t19?,20-/m0/s1. The number of sulfonamides is 1. The molecule has 0 aliphatic carbocycles. The van der Waals surface area contributed by atoms with Crippen molar-refractivity contribution in [2.75, 3.05) is 6.26 Å². The Labute approximate surface area is 198 Å². The van der Waals surface area contributed by atoms with Gasteiger partial charge in [0.05, 0.1) is 22.5 Å². The van der Waals surface area contributed by atoms with Crippen molar-refractivity contribution in [3.05, 3.63) is 65.2 Å². The summed E-state index contributed by atoms with van der Waals surface area (Å²) in [6.45, 7) is 3.81. The first kappa shape index (κ1) is 25.0. The highest BCUT2D eigenvalue weighted by molar-refractivity contribution is 7.88. The maximum absolute atomic E-state index is 13.4. The summed E-state index contributed by atoms with van der Waals surface area (Å²) in [6, 6.07) is 15.4. The van der Waals surface area contributed by atoms with Crippen LogP contribution >= 0.6 is 11.3 Å². The zero-order valence-electron chi connectivity index (χ0n) is 18.9. The van der Waals surface area contributed by atoms with E-state index in [-0.39, 0.29) is 11.7 Å². The topological polar surface area (TPSA) is 105 Å².